The summed E-state index contributed by atoms with van der Waals surface area (Å²) in [5.74, 6) is 1.03. The van der Waals surface area contributed by atoms with Crippen molar-refractivity contribution in [3.8, 4) is 11.5 Å². The Morgan fingerprint density at radius 2 is 2.10 bits per heavy atom. The van der Waals surface area contributed by atoms with Crippen LogP contribution in [0.15, 0.2) is 12.1 Å². The van der Waals surface area contributed by atoms with Crippen LogP contribution in [0.25, 0.3) is 0 Å². The van der Waals surface area contributed by atoms with Crippen molar-refractivity contribution in [3.63, 3.8) is 0 Å². The number of hydrogen-bond donors (Lipinski definition) is 1. The van der Waals surface area contributed by atoms with Crippen molar-refractivity contribution in [3.05, 3.63) is 17.7 Å². The maximum absolute atomic E-state index is 10.9. The summed E-state index contributed by atoms with van der Waals surface area (Å²) in [6.07, 6.45) is 0.746. The Bertz CT molecular complexity index is 473. The topological polar surface area (TPSA) is 74.0 Å². The van der Waals surface area contributed by atoms with Crippen LogP contribution in [-0.4, -0.2) is 57.2 Å². The minimum absolute atomic E-state index is 0.421. The predicted octanol–water partition coefficient (Wildman–Crippen LogP) is 1.19. The SMILES string of the molecule is CCOc1cc(C=O)cc(N)c1OCCN1CCOCC1. The minimum Gasteiger partial charge on any atom is -0.490 e. The Morgan fingerprint density at radius 1 is 1.33 bits per heavy atom. The average Bonchev–Trinajstić information content (AvgIpc) is 2.51. The molecule has 1 aliphatic rings. The molecule has 1 aliphatic heterocycles. The molecule has 1 aromatic carbocycles. The standard InChI is InChI=1S/C15H22N2O4/c1-2-20-14-10-12(11-18)9-13(16)15(14)21-8-5-17-3-6-19-7-4-17/h9-11H,2-8,16H2,1H3. The number of benzene rings is 1. The summed E-state index contributed by atoms with van der Waals surface area (Å²) in [4.78, 5) is 13.2. The van der Waals surface area contributed by atoms with Crippen LogP contribution in [0.4, 0.5) is 5.69 Å². The predicted molar refractivity (Wildman–Crippen MR) is 80.2 cm³/mol. The maximum atomic E-state index is 10.9. The zero-order valence-electron chi connectivity index (χ0n) is 12.3. The number of morpholine rings is 1. The summed E-state index contributed by atoms with van der Waals surface area (Å²) < 4.78 is 16.6. The van der Waals surface area contributed by atoms with Crippen molar-refractivity contribution < 1.29 is 19.0 Å². The van der Waals surface area contributed by atoms with Gasteiger partial charge in [0.25, 0.3) is 0 Å². The molecule has 0 atom stereocenters. The molecular weight excluding hydrogens is 272 g/mol. The molecule has 0 bridgehead atoms. The van der Waals surface area contributed by atoms with Gasteiger partial charge >= 0.3 is 0 Å². The highest BCUT2D eigenvalue weighted by Crippen LogP contribution is 2.34. The summed E-state index contributed by atoms with van der Waals surface area (Å²) >= 11 is 0. The van der Waals surface area contributed by atoms with E-state index in [4.69, 9.17) is 19.9 Å². The molecule has 0 aromatic heterocycles. The zero-order chi connectivity index (χ0) is 15.1. The molecule has 0 saturated carbocycles. The van der Waals surface area contributed by atoms with Crippen LogP contribution in [0.2, 0.25) is 0 Å². The number of nitrogens with two attached hydrogens (primary N) is 1. The molecule has 2 rings (SSSR count). The first-order valence-corrected chi connectivity index (χ1v) is 7.19. The molecular formula is C15H22N2O4. The van der Waals surface area contributed by atoms with Crippen molar-refractivity contribution in [2.45, 2.75) is 6.92 Å². The fourth-order valence-electron chi connectivity index (χ4n) is 2.23. The molecule has 0 radical (unpaired) electrons. The van der Waals surface area contributed by atoms with Gasteiger partial charge in [-0.3, -0.25) is 9.69 Å². The van der Waals surface area contributed by atoms with E-state index in [0.717, 1.165) is 39.1 Å². The monoisotopic (exact) mass is 294 g/mol. The van der Waals surface area contributed by atoms with Crippen LogP contribution >= 0.6 is 0 Å². The summed E-state index contributed by atoms with van der Waals surface area (Å²) in [7, 11) is 0. The van der Waals surface area contributed by atoms with Gasteiger partial charge in [-0.1, -0.05) is 0 Å². The quantitative estimate of drug-likeness (QED) is 0.601. The van der Waals surface area contributed by atoms with Crippen LogP contribution in [0, 0.1) is 0 Å². The number of nitrogen functional groups attached to an aromatic ring is 1. The number of anilines is 1. The van der Waals surface area contributed by atoms with Gasteiger partial charge in [0, 0.05) is 25.2 Å². The third kappa shape index (κ3) is 4.34. The van der Waals surface area contributed by atoms with Gasteiger partial charge in [0.2, 0.25) is 0 Å². The average molecular weight is 294 g/mol. The molecule has 0 unspecified atom stereocenters. The smallest absolute Gasteiger partial charge is 0.184 e. The molecule has 2 N–H and O–H groups in total. The van der Waals surface area contributed by atoms with Crippen molar-refractivity contribution in [1.29, 1.82) is 0 Å². The summed E-state index contributed by atoms with van der Waals surface area (Å²) in [6.45, 7) is 7.06. The number of nitrogens with zero attached hydrogens (tertiary/aromatic N) is 1. The highest BCUT2D eigenvalue weighted by Gasteiger charge is 2.14. The Labute approximate surface area is 124 Å². The van der Waals surface area contributed by atoms with Crippen LogP contribution < -0.4 is 15.2 Å². The number of carbonyl (C=O) groups excluding carboxylic acids is 1. The van der Waals surface area contributed by atoms with E-state index in [1.807, 2.05) is 6.92 Å². The van der Waals surface area contributed by atoms with Crippen LogP contribution in [-0.2, 0) is 4.74 Å². The van der Waals surface area contributed by atoms with Gasteiger partial charge in [-0.25, -0.2) is 0 Å². The fourth-order valence-corrected chi connectivity index (χ4v) is 2.23. The van der Waals surface area contributed by atoms with Crippen LogP contribution in [0.1, 0.15) is 17.3 Å². The van der Waals surface area contributed by atoms with Gasteiger partial charge in [0.15, 0.2) is 11.5 Å². The lowest BCUT2D eigenvalue weighted by Crippen LogP contribution is -2.38. The number of hydrogen-bond acceptors (Lipinski definition) is 6. The Kier molecular flexibility index (Phi) is 5.83. The van der Waals surface area contributed by atoms with E-state index in [-0.39, 0.29) is 0 Å². The summed E-state index contributed by atoms with van der Waals surface area (Å²) in [5, 5.41) is 0. The lowest BCUT2D eigenvalue weighted by Gasteiger charge is -2.26. The third-order valence-corrected chi connectivity index (χ3v) is 3.30. The first-order chi connectivity index (χ1) is 10.2. The molecule has 0 spiro atoms. The molecule has 116 valence electrons. The highest BCUT2D eigenvalue weighted by molar-refractivity contribution is 5.80. The molecule has 6 nitrogen and oxygen atoms in total. The highest BCUT2D eigenvalue weighted by atomic mass is 16.5. The van der Waals surface area contributed by atoms with Gasteiger partial charge in [0.05, 0.1) is 25.5 Å². The number of carbonyl (C=O) groups is 1. The normalized spacial score (nSPS) is 15.7. The first-order valence-electron chi connectivity index (χ1n) is 7.19. The second-order valence-electron chi connectivity index (χ2n) is 4.79. The van der Waals surface area contributed by atoms with Gasteiger partial charge in [-0.05, 0) is 19.1 Å². The molecule has 1 aromatic rings. The van der Waals surface area contributed by atoms with E-state index in [2.05, 4.69) is 4.90 Å². The largest absolute Gasteiger partial charge is 0.490 e. The van der Waals surface area contributed by atoms with Crippen molar-refractivity contribution in [1.82, 2.24) is 4.90 Å². The Hall–Kier alpha value is -1.79. The van der Waals surface area contributed by atoms with Gasteiger partial charge in [-0.15, -0.1) is 0 Å². The van der Waals surface area contributed by atoms with E-state index in [9.17, 15) is 4.79 Å². The van der Waals surface area contributed by atoms with E-state index in [0.29, 0.717) is 36.0 Å². The minimum atomic E-state index is 0.421. The van der Waals surface area contributed by atoms with Gasteiger partial charge < -0.3 is 19.9 Å². The second-order valence-corrected chi connectivity index (χ2v) is 4.79. The fraction of sp³-hybridized carbons (Fsp3) is 0.533. The molecule has 1 fully saturated rings. The lowest BCUT2D eigenvalue weighted by molar-refractivity contribution is 0.0321. The Morgan fingerprint density at radius 3 is 2.76 bits per heavy atom. The number of rotatable bonds is 7. The zero-order valence-corrected chi connectivity index (χ0v) is 12.3. The molecule has 0 aliphatic carbocycles. The van der Waals surface area contributed by atoms with Crippen LogP contribution in [0.3, 0.4) is 0 Å². The number of ether oxygens (including phenoxy) is 3. The van der Waals surface area contributed by atoms with Gasteiger partial charge in [-0.2, -0.15) is 0 Å². The van der Waals surface area contributed by atoms with Crippen molar-refractivity contribution >= 4 is 12.0 Å². The molecule has 0 amide bonds. The third-order valence-electron chi connectivity index (χ3n) is 3.30. The second kappa shape index (κ2) is 7.85. The molecule has 21 heavy (non-hydrogen) atoms. The van der Waals surface area contributed by atoms with E-state index in [1.165, 1.54) is 0 Å². The summed E-state index contributed by atoms with van der Waals surface area (Å²) in [6, 6.07) is 3.25. The van der Waals surface area contributed by atoms with E-state index in [1.54, 1.807) is 12.1 Å². The maximum Gasteiger partial charge on any atom is 0.184 e. The van der Waals surface area contributed by atoms with Crippen molar-refractivity contribution in [2.24, 2.45) is 0 Å². The lowest BCUT2D eigenvalue weighted by atomic mass is 10.2. The van der Waals surface area contributed by atoms with E-state index < -0.39 is 0 Å². The van der Waals surface area contributed by atoms with Gasteiger partial charge in [0.1, 0.15) is 12.9 Å². The first kappa shape index (κ1) is 15.6. The Balaban J connectivity index is 1.98. The number of aldehydes is 1. The summed E-state index contributed by atoms with van der Waals surface area (Å²) in [5.41, 5.74) is 6.85. The van der Waals surface area contributed by atoms with Crippen molar-refractivity contribution in [2.75, 3.05) is 51.8 Å². The molecule has 1 saturated heterocycles. The molecule has 6 heteroatoms. The van der Waals surface area contributed by atoms with Crippen LogP contribution in [0.5, 0.6) is 11.5 Å². The van der Waals surface area contributed by atoms with E-state index >= 15 is 0 Å². The molecule has 1 heterocycles.